The highest BCUT2D eigenvalue weighted by Crippen LogP contribution is 2.40. The molecule has 1 N–H and O–H groups in total. The van der Waals surface area contributed by atoms with Gasteiger partial charge < -0.3 is 9.84 Å². The molecule has 1 aromatic heterocycles. The third-order valence-corrected chi connectivity index (χ3v) is 6.12. The quantitative estimate of drug-likeness (QED) is 0.388. The molecule has 1 aliphatic carbocycles. The van der Waals surface area contributed by atoms with E-state index in [4.69, 9.17) is 4.52 Å². The molecule has 0 radical (unpaired) electrons. The van der Waals surface area contributed by atoms with Crippen molar-refractivity contribution >= 4 is 5.91 Å². The van der Waals surface area contributed by atoms with Crippen LogP contribution in [0.2, 0.25) is 0 Å². The van der Waals surface area contributed by atoms with E-state index in [0.717, 1.165) is 28.5 Å². The van der Waals surface area contributed by atoms with Gasteiger partial charge in [-0.05, 0) is 60.9 Å². The first-order valence-electron chi connectivity index (χ1n) is 11.2. The SMILES string of the molecule is Cc1noc(-c2ccc(-c3ccc(C4CC4)cc3)cc2)c1CCNC(=O)c1ccccc1. The van der Waals surface area contributed by atoms with Crippen LogP contribution >= 0.6 is 0 Å². The van der Waals surface area contributed by atoms with E-state index < -0.39 is 0 Å². The molecule has 1 saturated carbocycles. The predicted molar refractivity (Wildman–Crippen MR) is 127 cm³/mol. The fourth-order valence-corrected chi connectivity index (χ4v) is 4.08. The van der Waals surface area contributed by atoms with Crippen LogP contribution in [0.4, 0.5) is 0 Å². The lowest BCUT2D eigenvalue weighted by atomic mass is 9.99. The highest BCUT2D eigenvalue weighted by molar-refractivity contribution is 5.94. The van der Waals surface area contributed by atoms with Gasteiger partial charge >= 0.3 is 0 Å². The minimum atomic E-state index is -0.0710. The highest BCUT2D eigenvalue weighted by atomic mass is 16.5. The topological polar surface area (TPSA) is 55.1 Å². The first kappa shape index (κ1) is 20.3. The van der Waals surface area contributed by atoms with Crippen LogP contribution in [0.25, 0.3) is 22.5 Å². The molecule has 5 rings (SSSR count). The van der Waals surface area contributed by atoms with Crippen molar-refractivity contribution in [2.45, 2.75) is 32.1 Å². The second-order valence-corrected chi connectivity index (χ2v) is 8.42. The molecule has 0 bridgehead atoms. The number of nitrogens with one attached hydrogen (secondary N) is 1. The fourth-order valence-electron chi connectivity index (χ4n) is 4.08. The van der Waals surface area contributed by atoms with Crippen LogP contribution in [-0.4, -0.2) is 17.6 Å². The standard InChI is InChI=1S/C28H26N2O2/c1-19-26(17-18-29-28(31)25-5-3-2-4-6-25)27(32-30-19)24-15-13-23(14-16-24)22-11-9-21(10-12-22)20-7-8-20/h2-6,9-16,20H,7-8,17-18H2,1H3,(H,29,31). The molecular formula is C28H26N2O2. The maximum atomic E-state index is 12.3. The smallest absolute Gasteiger partial charge is 0.251 e. The van der Waals surface area contributed by atoms with Crippen molar-refractivity contribution in [3.8, 4) is 22.5 Å². The molecule has 1 aliphatic rings. The average molecular weight is 423 g/mol. The van der Waals surface area contributed by atoms with Crippen molar-refractivity contribution in [3.05, 3.63) is 101 Å². The zero-order chi connectivity index (χ0) is 21.9. The molecule has 1 amide bonds. The Labute approximate surface area is 188 Å². The summed E-state index contributed by atoms with van der Waals surface area (Å²) in [6.07, 6.45) is 3.31. The normalized spacial score (nSPS) is 13.2. The maximum absolute atomic E-state index is 12.3. The molecule has 160 valence electrons. The lowest BCUT2D eigenvalue weighted by Crippen LogP contribution is -2.25. The number of carbonyl (C=O) groups excluding carboxylic acids is 1. The van der Waals surface area contributed by atoms with E-state index in [0.29, 0.717) is 18.5 Å². The van der Waals surface area contributed by atoms with Crippen molar-refractivity contribution in [2.75, 3.05) is 6.54 Å². The second-order valence-electron chi connectivity index (χ2n) is 8.42. The maximum Gasteiger partial charge on any atom is 0.251 e. The second kappa shape index (κ2) is 8.83. The molecule has 32 heavy (non-hydrogen) atoms. The number of carbonyl (C=O) groups is 1. The van der Waals surface area contributed by atoms with Crippen molar-refractivity contribution in [1.82, 2.24) is 10.5 Å². The molecule has 0 unspecified atom stereocenters. The summed E-state index contributed by atoms with van der Waals surface area (Å²) >= 11 is 0. The van der Waals surface area contributed by atoms with Gasteiger partial charge in [-0.1, -0.05) is 71.9 Å². The summed E-state index contributed by atoms with van der Waals surface area (Å²) < 4.78 is 5.66. The van der Waals surface area contributed by atoms with Gasteiger partial charge in [0.1, 0.15) is 0 Å². The number of benzene rings is 3. The molecule has 0 atom stereocenters. The molecule has 0 saturated heterocycles. The summed E-state index contributed by atoms with van der Waals surface area (Å²) in [6.45, 7) is 2.46. The van der Waals surface area contributed by atoms with Crippen molar-refractivity contribution < 1.29 is 9.32 Å². The lowest BCUT2D eigenvalue weighted by molar-refractivity contribution is 0.0954. The Bertz CT molecular complexity index is 1200. The van der Waals surface area contributed by atoms with Crippen molar-refractivity contribution in [3.63, 3.8) is 0 Å². The third-order valence-electron chi connectivity index (χ3n) is 6.12. The molecule has 4 nitrogen and oxygen atoms in total. The molecule has 0 aliphatic heterocycles. The van der Waals surface area contributed by atoms with Gasteiger partial charge in [0.15, 0.2) is 5.76 Å². The molecule has 0 spiro atoms. The van der Waals surface area contributed by atoms with E-state index in [1.54, 1.807) is 0 Å². The van der Waals surface area contributed by atoms with Gasteiger partial charge in [-0.2, -0.15) is 0 Å². The largest absolute Gasteiger partial charge is 0.356 e. The number of rotatable bonds is 7. The van der Waals surface area contributed by atoms with Gasteiger partial charge in [0, 0.05) is 23.2 Å². The van der Waals surface area contributed by atoms with E-state index >= 15 is 0 Å². The van der Waals surface area contributed by atoms with Crippen LogP contribution in [0, 0.1) is 6.92 Å². The molecule has 4 heteroatoms. The zero-order valence-electron chi connectivity index (χ0n) is 18.2. The first-order chi connectivity index (χ1) is 15.7. The Morgan fingerprint density at radius 2 is 1.53 bits per heavy atom. The van der Waals surface area contributed by atoms with Crippen LogP contribution in [0.3, 0.4) is 0 Å². The number of hydrogen-bond donors (Lipinski definition) is 1. The summed E-state index contributed by atoms with van der Waals surface area (Å²) in [5.41, 5.74) is 7.39. The number of nitrogens with zero attached hydrogens (tertiary/aromatic N) is 1. The zero-order valence-corrected chi connectivity index (χ0v) is 18.2. The molecule has 1 heterocycles. The Kier molecular flexibility index (Phi) is 5.59. The van der Waals surface area contributed by atoms with Crippen LogP contribution in [0.1, 0.15) is 45.9 Å². The van der Waals surface area contributed by atoms with Gasteiger partial charge in [-0.25, -0.2) is 0 Å². The van der Waals surface area contributed by atoms with Gasteiger partial charge in [0.25, 0.3) is 5.91 Å². The predicted octanol–water partition coefficient (Wildman–Crippen LogP) is 6.17. The summed E-state index contributed by atoms with van der Waals surface area (Å²) in [7, 11) is 0. The number of aromatic nitrogens is 1. The van der Waals surface area contributed by atoms with Crippen molar-refractivity contribution in [1.29, 1.82) is 0 Å². The van der Waals surface area contributed by atoms with Crippen molar-refractivity contribution in [2.24, 2.45) is 0 Å². The first-order valence-corrected chi connectivity index (χ1v) is 11.2. The Morgan fingerprint density at radius 3 is 2.19 bits per heavy atom. The Hall–Kier alpha value is -3.66. The number of hydrogen-bond acceptors (Lipinski definition) is 3. The highest BCUT2D eigenvalue weighted by Gasteiger charge is 2.23. The Morgan fingerprint density at radius 1 is 0.906 bits per heavy atom. The minimum Gasteiger partial charge on any atom is -0.356 e. The van der Waals surface area contributed by atoms with E-state index in [1.807, 2.05) is 37.3 Å². The van der Waals surface area contributed by atoms with Gasteiger partial charge in [0.05, 0.1) is 5.69 Å². The molecule has 3 aromatic carbocycles. The van der Waals surface area contributed by atoms with E-state index in [1.165, 1.54) is 29.5 Å². The fraction of sp³-hybridized carbons (Fsp3) is 0.214. The van der Waals surface area contributed by atoms with E-state index in [9.17, 15) is 4.79 Å². The van der Waals surface area contributed by atoms with Crippen LogP contribution < -0.4 is 5.32 Å². The number of amides is 1. The summed E-state index contributed by atoms with van der Waals surface area (Å²) in [5.74, 6) is 1.47. The van der Waals surface area contributed by atoms with Gasteiger partial charge in [-0.3, -0.25) is 4.79 Å². The summed E-state index contributed by atoms with van der Waals surface area (Å²) in [6, 6.07) is 26.6. The van der Waals surface area contributed by atoms with Crippen LogP contribution in [-0.2, 0) is 6.42 Å². The molecule has 4 aromatic rings. The lowest BCUT2D eigenvalue weighted by Gasteiger charge is -2.07. The molecular weight excluding hydrogens is 396 g/mol. The van der Waals surface area contributed by atoms with Gasteiger partial charge in [-0.15, -0.1) is 0 Å². The Balaban J connectivity index is 1.27. The average Bonchev–Trinajstić information content (AvgIpc) is 3.63. The van der Waals surface area contributed by atoms with E-state index in [2.05, 4.69) is 59.0 Å². The summed E-state index contributed by atoms with van der Waals surface area (Å²) in [5, 5.41) is 7.16. The molecule has 1 fully saturated rings. The minimum absolute atomic E-state index is 0.0710. The number of aryl methyl sites for hydroxylation is 1. The van der Waals surface area contributed by atoms with Crippen LogP contribution in [0.5, 0.6) is 0 Å². The van der Waals surface area contributed by atoms with Gasteiger partial charge in [0.2, 0.25) is 0 Å². The summed E-state index contributed by atoms with van der Waals surface area (Å²) in [4.78, 5) is 12.3. The third kappa shape index (κ3) is 4.35. The van der Waals surface area contributed by atoms with E-state index in [-0.39, 0.29) is 5.91 Å². The monoisotopic (exact) mass is 422 g/mol. The van der Waals surface area contributed by atoms with Crippen LogP contribution in [0.15, 0.2) is 83.4 Å².